The Morgan fingerprint density at radius 2 is 0.619 bits per heavy atom. The van der Waals surface area contributed by atoms with Crippen molar-refractivity contribution < 1.29 is 0 Å². The monoisotopic (exact) mass is 279 g/mol. The lowest BCUT2D eigenvalue weighted by Gasteiger charge is -2.25. The van der Waals surface area contributed by atoms with E-state index in [1.807, 2.05) is 18.2 Å². The van der Waals surface area contributed by atoms with Crippen LogP contribution in [0.25, 0.3) is 0 Å². The summed E-state index contributed by atoms with van der Waals surface area (Å²) in [4.78, 5) is 2.25. The summed E-state index contributed by atoms with van der Waals surface area (Å²) in [6.45, 7) is 0. The predicted molar refractivity (Wildman–Crippen MR) is 91.2 cm³/mol. The molecule has 3 aromatic rings. The molecule has 3 heteroatoms. The van der Waals surface area contributed by atoms with Gasteiger partial charge in [0.1, 0.15) is 0 Å². The maximum Gasteiger partial charge on any atom is 0.0461 e. The van der Waals surface area contributed by atoms with Crippen molar-refractivity contribution in [1.82, 2.24) is 12.3 Å². The second-order valence-electron chi connectivity index (χ2n) is 4.34. The Balaban J connectivity index is 0.00000110. The standard InChI is InChI=1S/C18H15N.2H3N/c1-4-10-16(11-5-1)19(17-12-6-2-7-13-17)18-14-8-3-9-15-18;;/h1-15H;2*1H3. The Morgan fingerprint density at radius 3 is 0.857 bits per heavy atom. The lowest BCUT2D eigenvalue weighted by Crippen LogP contribution is -2.09. The van der Waals surface area contributed by atoms with Gasteiger partial charge in [0.15, 0.2) is 0 Å². The largest absolute Gasteiger partial charge is 0.344 e. The fraction of sp³-hybridized carbons (Fsp3) is 0. The third-order valence-corrected chi connectivity index (χ3v) is 3.04. The maximum absolute atomic E-state index is 2.25. The van der Waals surface area contributed by atoms with Gasteiger partial charge in [-0.05, 0) is 36.4 Å². The van der Waals surface area contributed by atoms with Crippen molar-refractivity contribution in [3.8, 4) is 0 Å². The van der Waals surface area contributed by atoms with Gasteiger partial charge >= 0.3 is 0 Å². The van der Waals surface area contributed by atoms with Crippen molar-refractivity contribution in [3.63, 3.8) is 0 Å². The molecule has 0 spiro atoms. The zero-order chi connectivity index (χ0) is 12.9. The lowest BCUT2D eigenvalue weighted by atomic mass is 10.2. The van der Waals surface area contributed by atoms with Gasteiger partial charge in [0, 0.05) is 17.1 Å². The third kappa shape index (κ3) is 3.69. The summed E-state index contributed by atoms with van der Waals surface area (Å²) in [6.07, 6.45) is 0. The van der Waals surface area contributed by atoms with Crippen LogP contribution in [0.3, 0.4) is 0 Å². The van der Waals surface area contributed by atoms with Gasteiger partial charge in [0.25, 0.3) is 0 Å². The number of hydrogen-bond donors (Lipinski definition) is 2. The highest BCUT2D eigenvalue weighted by Crippen LogP contribution is 2.33. The summed E-state index contributed by atoms with van der Waals surface area (Å²) in [5, 5.41) is 0. The molecule has 0 unspecified atom stereocenters. The van der Waals surface area contributed by atoms with Crippen molar-refractivity contribution in [2.45, 2.75) is 0 Å². The molecule has 0 saturated carbocycles. The summed E-state index contributed by atoms with van der Waals surface area (Å²) >= 11 is 0. The molecule has 0 saturated heterocycles. The van der Waals surface area contributed by atoms with Crippen molar-refractivity contribution >= 4 is 17.1 Å². The van der Waals surface area contributed by atoms with Gasteiger partial charge in [0.05, 0.1) is 0 Å². The molecular weight excluding hydrogens is 258 g/mol. The van der Waals surface area contributed by atoms with Gasteiger partial charge in [-0.1, -0.05) is 54.6 Å². The minimum absolute atomic E-state index is 0. The first kappa shape index (κ1) is 16.4. The van der Waals surface area contributed by atoms with E-state index >= 15 is 0 Å². The molecule has 0 aliphatic rings. The Bertz CT molecular complexity index is 530. The highest BCUT2D eigenvalue weighted by molar-refractivity contribution is 5.76. The van der Waals surface area contributed by atoms with Crippen LogP contribution >= 0.6 is 0 Å². The molecule has 0 aliphatic heterocycles. The summed E-state index contributed by atoms with van der Waals surface area (Å²) in [5.41, 5.74) is 3.50. The number of nitrogens with zero attached hydrogens (tertiary/aromatic N) is 1. The molecule has 0 fully saturated rings. The molecule has 108 valence electrons. The van der Waals surface area contributed by atoms with E-state index in [0.717, 1.165) is 0 Å². The third-order valence-electron chi connectivity index (χ3n) is 3.04. The molecule has 0 radical (unpaired) electrons. The Morgan fingerprint density at radius 1 is 0.381 bits per heavy atom. The van der Waals surface area contributed by atoms with E-state index < -0.39 is 0 Å². The SMILES string of the molecule is N.N.c1ccc(N(c2ccccc2)c2ccccc2)cc1. The quantitative estimate of drug-likeness (QED) is 0.666. The minimum Gasteiger partial charge on any atom is -0.344 e. The van der Waals surface area contributed by atoms with Crippen LogP contribution in [-0.2, 0) is 0 Å². The summed E-state index contributed by atoms with van der Waals surface area (Å²) in [6, 6.07) is 31.3. The Hall–Kier alpha value is -2.62. The second kappa shape index (κ2) is 7.85. The molecule has 3 aromatic carbocycles. The molecule has 0 aliphatic carbocycles. The summed E-state index contributed by atoms with van der Waals surface area (Å²) in [7, 11) is 0. The second-order valence-corrected chi connectivity index (χ2v) is 4.34. The Kier molecular flexibility index (Phi) is 6.14. The van der Waals surface area contributed by atoms with E-state index in [1.54, 1.807) is 0 Å². The molecule has 21 heavy (non-hydrogen) atoms. The maximum atomic E-state index is 2.25. The molecule has 0 aromatic heterocycles. The number of anilines is 3. The van der Waals surface area contributed by atoms with E-state index in [2.05, 4.69) is 77.7 Å². The molecule has 3 rings (SSSR count). The number of para-hydroxylation sites is 3. The highest BCUT2D eigenvalue weighted by Gasteiger charge is 2.10. The fourth-order valence-electron chi connectivity index (χ4n) is 2.18. The van der Waals surface area contributed by atoms with Crippen LogP contribution in [0.5, 0.6) is 0 Å². The lowest BCUT2D eigenvalue weighted by molar-refractivity contribution is 1.28. The van der Waals surface area contributed by atoms with Crippen LogP contribution < -0.4 is 17.2 Å². The van der Waals surface area contributed by atoms with Gasteiger partial charge in [0.2, 0.25) is 0 Å². The van der Waals surface area contributed by atoms with Crippen LogP contribution in [0.1, 0.15) is 0 Å². The first-order chi connectivity index (χ1) is 9.45. The van der Waals surface area contributed by atoms with E-state index in [9.17, 15) is 0 Å². The van der Waals surface area contributed by atoms with E-state index in [0.29, 0.717) is 0 Å². The molecular formula is C18H21N3. The van der Waals surface area contributed by atoms with Crippen molar-refractivity contribution in [2.75, 3.05) is 4.90 Å². The predicted octanol–water partition coefficient (Wildman–Crippen LogP) is 5.48. The summed E-state index contributed by atoms with van der Waals surface area (Å²) < 4.78 is 0. The number of hydrogen-bond acceptors (Lipinski definition) is 3. The average molecular weight is 279 g/mol. The van der Waals surface area contributed by atoms with Gasteiger partial charge in [-0.2, -0.15) is 0 Å². The smallest absolute Gasteiger partial charge is 0.0461 e. The van der Waals surface area contributed by atoms with E-state index in [4.69, 9.17) is 0 Å². The minimum atomic E-state index is 0. The van der Waals surface area contributed by atoms with Crippen LogP contribution in [0.15, 0.2) is 91.0 Å². The zero-order valence-electron chi connectivity index (χ0n) is 12.0. The molecule has 0 bridgehead atoms. The number of rotatable bonds is 3. The first-order valence-electron chi connectivity index (χ1n) is 6.40. The van der Waals surface area contributed by atoms with Crippen LogP contribution in [0.4, 0.5) is 17.1 Å². The molecule has 0 heterocycles. The van der Waals surface area contributed by atoms with E-state index in [-0.39, 0.29) is 12.3 Å². The first-order valence-corrected chi connectivity index (χ1v) is 6.40. The van der Waals surface area contributed by atoms with Crippen molar-refractivity contribution in [2.24, 2.45) is 0 Å². The normalized spacial score (nSPS) is 9.14. The van der Waals surface area contributed by atoms with Gasteiger partial charge in [-0.15, -0.1) is 0 Å². The van der Waals surface area contributed by atoms with Crippen LogP contribution in [0, 0.1) is 0 Å². The number of benzene rings is 3. The summed E-state index contributed by atoms with van der Waals surface area (Å²) in [5.74, 6) is 0. The topological polar surface area (TPSA) is 73.2 Å². The van der Waals surface area contributed by atoms with Gasteiger partial charge in [-0.25, -0.2) is 0 Å². The Labute approximate surface area is 126 Å². The van der Waals surface area contributed by atoms with Crippen molar-refractivity contribution in [3.05, 3.63) is 91.0 Å². The van der Waals surface area contributed by atoms with Crippen LogP contribution in [0.2, 0.25) is 0 Å². The molecule has 6 N–H and O–H groups in total. The van der Waals surface area contributed by atoms with Gasteiger partial charge < -0.3 is 17.2 Å². The molecule has 0 amide bonds. The molecule has 0 atom stereocenters. The van der Waals surface area contributed by atoms with E-state index in [1.165, 1.54) is 17.1 Å². The molecule has 3 nitrogen and oxygen atoms in total. The van der Waals surface area contributed by atoms with Gasteiger partial charge in [-0.3, -0.25) is 0 Å². The zero-order valence-corrected chi connectivity index (χ0v) is 12.0. The highest BCUT2D eigenvalue weighted by atomic mass is 15.1. The van der Waals surface area contributed by atoms with Crippen LogP contribution in [-0.4, -0.2) is 0 Å². The van der Waals surface area contributed by atoms with Crippen molar-refractivity contribution in [1.29, 1.82) is 0 Å². The average Bonchev–Trinajstić information content (AvgIpc) is 2.51. The fourth-order valence-corrected chi connectivity index (χ4v) is 2.18.